The van der Waals surface area contributed by atoms with Crippen molar-refractivity contribution in [3.05, 3.63) is 0 Å². The van der Waals surface area contributed by atoms with Gasteiger partial charge >= 0.3 is 0 Å². The van der Waals surface area contributed by atoms with Crippen molar-refractivity contribution in [2.24, 2.45) is 17.6 Å². The largest absolute Gasteiger partial charge is 0.325 e. The maximum atomic E-state index is 6.45. The molecule has 0 saturated heterocycles. The second kappa shape index (κ2) is 5.16. The van der Waals surface area contributed by atoms with Crippen LogP contribution in [0.1, 0.15) is 65.7 Å². The Kier molecular flexibility index (Phi) is 4.43. The normalized spacial score (nSPS) is 38.6. The van der Waals surface area contributed by atoms with E-state index in [1.54, 1.807) is 0 Å². The Morgan fingerprint density at radius 1 is 1.21 bits per heavy atom. The van der Waals surface area contributed by atoms with Gasteiger partial charge in [-0.05, 0) is 37.5 Å². The lowest BCUT2D eigenvalue weighted by Gasteiger charge is -2.40. The molecule has 0 aromatic rings. The van der Waals surface area contributed by atoms with Gasteiger partial charge in [0.05, 0.1) is 0 Å². The van der Waals surface area contributed by atoms with Gasteiger partial charge in [0.1, 0.15) is 0 Å². The van der Waals surface area contributed by atoms with Crippen LogP contribution in [0.3, 0.4) is 0 Å². The van der Waals surface area contributed by atoms with Crippen molar-refractivity contribution in [1.82, 2.24) is 0 Å². The quantitative estimate of drug-likeness (QED) is 0.683. The zero-order valence-electron chi connectivity index (χ0n) is 10.2. The molecular weight excluding hydrogens is 170 g/mol. The van der Waals surface area contributed by atoms with E-state index in [2.05, 4.69) is 20.8 Å². The van der Waals surface area contributed by atoms with Crippen LogP contribution in [-0.4, -0.2) is 5.54 Å². The summed E-state index contributed by atoms with van der Waals surface area (Å²) in [4.78, 5) is 0. The van der Waals surface area contributed by atoms with E-state index < -0.39 is 0 Å². The lowest BCUT2D eigenvalue weighted by atomic mass is 9.70. The molecule has 0 aromatic heterocycles. The molecule has 84 valence electrons. The highest BCUT2D eigenvalue weighted by Gasteiger charge is 2.33. The molecule has 2 N–H and O–H groups in total. The van der Waals surface area contributed by atoms with Crippen LogP contribution in [-0.2, 0) is 0 Å². The fourth-order valence-corrected chi connectivity index (χ4v) is 2.70. The third-order valence-electron chi connectivity index (χ3n) is 4.08. The van der Waals surface area contributed by atoms with Gasteiger partial charge < -0.3 is 5.73 Å². The molecule has 0 spiro atoms. The average Bonchev–Trinajstić information content (AvgIpc) is 2.13. The van der Waals surface area contributed by atoms with Crippen molar-refractivity contribution in [2.75, 3.05) is 0 Å². The molecule has 1 fully saturated rings. The Labute approximate surface area is 89.5 Å². The molecule has 1 rings (SSSR count). The maximum absolute atomic E-state index is 6.45. The van der Waals surface area contributed by atoms with Gasteiger partial charge in [0, 0.05) is 5.54 Å². The van der Waals surface area contributed by atoms with E-state index in [1.807, 2.05) is 0 Å². The third kappa shape index (κ3) is 3.27. The molecule has 0 heterocycles. The van der Waals surface area contributed by atoms with Crippen LogP contribution in [0, 0.1) is 11.8 Å². The number of hydrogen-bond donors (Lipinski definition) is 1. The Morgan fingerprint density at radius 3 is 2.50 bits per heavy atom. The molecule has 3 atom stereocenters. The molecule has 0 bridgehead atoms. The Hall–Kier alpha value is -0.0400. The highest BCUT2D eigenvalue weighted by molar-refractivity contribution is 4.91. The van der Waals surface area contributed by atoms with Gasteiger partial charge in [-0.1, -0.05) is 40.0 Å². The molecule has 0 aromatic carbocycles. The SMILES string of the molecule is CCCCCC1(N)CCC(C)C(C)C1. The summed E-state index contributed by atoms with van der Waals surface area (Å²) in [5.41, 5.74) is 6.63. The first-order valence-corrected chi connectivity index (χ1v) is 6.36. The predicted molar refractivity (Wildman–Crippen MR) is 63.2 cm³/mol. The van der Waals surface area contributed by atoms with Crippen molar-refractivity contribution in [1.29, 1.82) is 0 Å². The predicted octanol–water partition coefficient (Wildman–Crippen LogP) is 3.72. The topological polar surface area (TPSA) is 26.0 Å². The standard InChI is InChI=1S/C13H27N/c1-4-5-6-8-13(14)9-7-11(2)12(3)10-13/h11-12H,4-10,14H2,1-3H3. The number of rotatable bonds is 4. The molecule has 14 heavy (non-hydrogen) atoms. The van der Waals surface area contributed by atoms with E-state index in [1.165, 1.54) is 44.9 Å². The molecule has 1 saturated carbocycles. The summed E-state index contributed by atoms with van der Waals surface area (Å²) in [6.45, 7) is 7.00. The van der Waals surface area contributed by atoms with Crippen LogP contribution < -0.4 is 5.73 Å². The summed E-state index contributed by atoms with van der Waals surface area (Å²) >= 11 is 0. The van der Waals surface area contributed by atoms with E-state index in [9.17, 15) is 0 Å². The van der Waals surface area contributed by atoms with Crippen molar-refractivity contribution < 1.29 is 0 Å². The van der Waals surface area contributed by atoms with Gasteiger partial charge in [-0.25, -0.2) is 0 Å². The summed E-state index contributed by atoms with van der Waals surface area (Å²) < 4.78 is 0. The summed E-state index contributed by atoms with van der Waals surface area (Å²) in [6.07, 6.45) is 9.07. The minimum Gasteiger partial charge on any atom is -0.325 e. The summed E-state index contributed by atoms with van der Waals surface area (Å²) in [5, 5.41) is 0. The Morgan fingerprint density at radius 2 is 1.93 bits per heavy atom. The first-order valence-electron chi connectivity index (χ1n) is 6.36. The summed E-state index contributed by atoms with van der Waals surface area (Å²) in [7, 11) is 0. The van der Waals surface area contributed by atoms with Gasteiger partial charge in [0.2, 0.25) is 0 Å². The number of nitrogens with two attached hydrogens (primary N) is 1. The van der Waals surface area contributed by atoms with Crippen molar-refractivity contribution in [2.45, 2.75) is 71.3 Å². The average molecular weight is 197 g/mol. The van der Waals surface area contributed by atoms with Crippen LogP contribution in [0.4, 0.5) is 0 Å². The summed E-state index contributed by atoms with van der Waals surface area (Å²) in [5.74, 6) is 1.72. The Bertz CT molecular complexity index is 167. The van der Waals surface area contributed by atoms with E-state index in [0.29, 0.717) is 0 Å². The van der Waals surface area contributed by atoms with Crippen molar-refractivity contribution in [3.8, 4) is 0 Å². The van der Waals surface area contributed by atoms with Crippen molar-refractivity contribution >= 4 is 0 Å². The number of unbranched alkanes of at least 4 members (excludes halogenated alkanes) is 2. The molecule has 0 radical (unpaired) electrons. The molecule has 1 aliphatic carbocycles. The zero-order chi connectivity index (χ0) is 10.6. The summed E-state index contributed by atoms with van der Waals surface area (Å²) in [6, 6.07) is 0. The van der Waals surface area contributed by atoms with E-state index in [-0.39, 0.29) is 5.54 Å². The highest BCUT2D eigenvalue weighted by Crippen LogP contribution is 2.37. The zero-order valence-corrected chi connectivity index (χ0v) is 10.2. The highest BCUT2D eigenvalue weighted by atomic mass is 14.7. The lowest BCUT2D eigenvalue weighted by molar-refractivity contribution is 0.165. The Balaban J connectivity index is 2.34. The first-order chi connectivity index (χ1) is 6.57. The molecule has 3 unspecified atom stereocenters. The minimum atomic E-state index is 0.182. The second-order valence-electron chi connectivity index (χ2n) is 5.52. The van der Waals surface area contributed by atoms with Crippen LogP contribution in [0.5, 0.6) is 0 Å². The van der Waals surface area contributed by atoms with Crippen LogP contribution >= 0.6 is 0 Å². The van der Waals surface area contributed by atoms with Gasteiger partial charge in [-0.15, -0.1) is 0 Å². The van der Waals surface area contributed by atoms with Gasteiger partial charge in [-0.2, -0.15) is 0 Å². The van der Waals surface area contributed by atoms with E-state index in [4.69, 9.17) is 5.73 Å². The second-order valence-corrected chi connectivity index (χ2v) is 5.52. The fourth-order valence-electron chi connectivity index (χ4n) is 2.70. The molecule has 0 aliphatic heterocycles. The molecule has 1 heteroatoms. The van der Waals surface area contributed by atoms with E-state index >= 15 is 0 Å². The van der Waals surface area contributed by atoms with Crippen LogP contribution in [0.25, 0.3) is 0 Å². The first kappa shape index (κ1) is 12.0. The maximum Gasteiger partial charge on any atom is 0.0157 e. The monoisotopic (exact) mass is 197 g/mol. The van der Waals surface area contributed by atoms with Gasteiger partial charge in [-0.3, -0.25) is 0 Å². The third-order valence-corrected chi connectivity index (χ3v) is 4.08. The molecule has 0 amide bonds. The molecule has 1 aliphatic rings. The fraction of sp³-hybridized carbons (Fsp3) is 1.00. The minimum absolute atomic E-state index is 0.182. The number of hydrogen-bond acceptors (Lipinski definition) is 1. The van der Waals surface area contributed by atoms with Gasteiger partial charge in [0.25, 0.3) is 0 Å². The van der Waals surface area contributed by atoms with Crippen LogP contribution in [0.2, 0.25) is 0 Å². The lowest BCUT2D eigenvalue weighted by Crippen LogP contribution is -2.45. The molecule has 1 nitrogen and oxygen atoms in total. The smallest absolute Gasteiger partial charge is 0.0157 e. The van der Waals surface area contributed by atoms with Crippen molar-refractivity contribution in [3.63, 3.8) is 0 Å². The van der Waals surface area contributed by atoms with E-state index in [0.717, 1.165) is 11.8 Å². The van der Waals surface area contributed by atoms with Gasteiger partial charge in [0.15, 0.2) is 0 Å². The van der Waals surface area contributed by atoms with Crippen LogP contribution in [0.15, 0.2) is 0 Å². The molecular formula is C13H27N.